The normalized spacial score (nSPS) is 12.1. The van der Waals surface area contributed by atoms with Crippen molar-refractivity contribution < 1.29 is 19.7 Å². The summed E-state index contributed by atoms with van der Waals surface area (Å²) in [5, 5.41) is 23.2. The van der Waals surface area contributed by atoms with E-state index >= 15 is 0 Å². The Morgan fingerprint density at radius 3 is 2.64 bits per heavy atom. The minimum absolute atomic E-state index is 0.0258. The summed E-state index contributed by atoms with van der Waals surface area (Å²) >= 11 is 0. The highest BCUT2D eigenvalue weighted by Crippen LogP contribution is 2.25. The lowest BCUT2D eigenvalue weighted by atomic mass is 10.1. The minimum atomic E-state index is -1.29. The average Bonchev–Trinajstić information content (AvgIpc) is 2.55. The molecule has 0 heterocycles. The maximum absolute atomic E-state index is 11.8. The van der Waals surface area contributed by atoms with E-state index in [1.807, 2.05) is 0 Å². The lowest BCUT2D eigenvalue weighted by molar-refractivity contribution is -0.129. The highest BCUT2D eigenvalue weighted by atomic mass is 16.5. The molecule has 0 saturated heterocycles. The van der Waals surface area contributed by atoms with Gasteiger partial charge in [0.15, 0.2) is 17.6 Å². The van der Waals surface area contributed by atoms with Crippen molar-refractivity contribution in [2.24, 2.45) is 5.10 Å². The highest BCUT2D eigenvalue weighted by Gasteiger charge is 2.15. The van der Waals surface area contributed by atoms with E-state index in [0.29, 0.717) is 16.9 Å². The van der Waals surface area contributed by atoms with Gasteiger partial charge in [0.05, 0.1) is 13.3 Å². The van der Waals surface area contributed by atoms with Crippen LogP contribution in [0.4, 0.5) is 0 Å². The Labute approximate surface area is 127 Å². The zero-order valence-electron chi connectivity index (χ0n) is 11.9. The Bertz CT molecular complexity index is 671. The van der Waals surface area contributed by atoms with Gasteiger partial charge < -0.3 is 14.9 Å². The number of benzene rings is 2. The van der Waals surface area contributed by atoms with Gasteiger partial charge in [-0.15, -0.1) is 0 Å². The van der Waals surface area contributed by atoms with E-state index in [2.05, 4.69) is 10.5 Å². The number of methoxy groups -OCH3 is 1. The molecule has 2 aromatic rings. The van der Waals surface area contributed by atoms with Crippen molar-refractivity contribution in [1.82, 2.24) is 5.43 Å². The molecule has 0 radical (unpaired) electrons. The van der Waals surface area contributed by atoms with Gasteiger partial charge in [-0.1, -0.05) is 30.3 Å². The molecule has 6 nitrogen and oxygen atoms in total. The highest BCUT2D eigenvalue weighted by molar-refractivity contribution is 5.85. The van der Waals surface area contributed by atoms with E-state index < -0.39 is 12.0 Å². The predicted molar refractivity (Wildman–Crippen MR) is 81.8 cm³/mol. The van der Waals surface area contributed by atoms with Crippen molar-refractivity contribution in [1.29, 1.82) is 0 Å². The third-order valence-electron chi connectivity index (χ3n) is 2.95. The fraction of sp³-hybridized carbons (Fsp3) is 0.125. The lowest BCUT2D eigenvalue weighted by Crippen LogP contribution is -2.25. The number of carbonyl (C=O) groups is 1. The van der Waals surface area contributed by atoms with Crippen LogP contribution < -0.4 is 10.2 Å². The van der Waals surface area contributed by atoms with Crippen molar-refractivity contribution >= 4 is 12.1 Å². The molecule has 114 valence electrons. The molecule has 2 rings (SSSR count). The number of rotatable bonds is 5. The van der Waals surface area contributed by atoms with Crippen LogP contribution in [0.2, 0.25) is 0 Å². The summed E-state index contributed by atoms with van der Waals surface area (Å²) in [5.41, 5.74) is 3.31. The third-order valence-corrected chi connectivity index (χ3v) is 2.95. The van der Waals surface area contributed by atoms with E-state index in [9.17, 15) is 15.0 Å². The van der Waals surface area contributed by atoms with Crippen LogP contribution in [-0.2, 0) is 4.79 Å². The van der Waals surface area contributed by atoms with Crippen LogP contribution in [0.25, 0.3) is 0 Å². The Kier molecular flexibility index (Phi) is 5.11. The number of aromatic hydroxyl groups is 1. The topological polar surface area (TPSA) is 91.2 Å². The quantitative estimate of drug-likeness (QED) is 0.577. The molecule has 0 spiro atoms. The number of amides is 1. The molecule has 0 aromatic heterocycles. The van der Waals surface area contributed by atoms with Crippen molar-refractivity contribution in [3.8, 4) is 11.5 Å². The van der Waals surface area contributed by atoms with E-state index in [0.717, 1.165) is 0 Å². The molecular formula is C16H16N2O4. The zero-order valence-corrected chi connectivity index (χ0v) is 11.9. The maximum atomic E-state index is 11.8. The Hall–Kier alpha value is -2.86. The number of hydrogen-bond acceptors (Lipinski definition) is 5. The summed E-state index contributed by atoms with van der Waals surface area (Å²) in [6.45, 7) is 0. The van der Waals surface area contributed by atoms with Gasteiger partial charge in [0.2, 0.25) is 0 Å². The first-order chi connectivity index (χ1) is 10.6. The van der Waals surface area contributed by atoms with Crippen LogP contribution in [0.15, 0.2) is 53.6 Å². The first-order valence-corrected chi connectivity index (χ1v) is 6.54. The van der Waals surface area contributed by atoms with Crippen LogP contribution in [0.5, 0.6) is 11.5 Å². The summed E-state index contributed by atoms with van der Waals surface area (Å²) in [5.74, 6) is -0.317. The summed E-state index contributed by atoms with van der Waals surface area (Å²) in [6, 6.07) is 13.2. The maximum Gasteiger partial charge on any atom is 0.273 e. The number of ether oxygens (including phenoxy) is 1. The number of phenols is 1. The predicted octanol–water partition coefficient (Wildman–Crippen LogP) is 1.58. The SMILES string of the molecule is COc1ccc(C=NNC(=O)C(O)c2ccccc2)cc1O. The molecule has 22 heavy (non-hydrogen) atoms. The second-order valence-corrected chi connectivity index (χ2v) is 4.48. The Morgan fingerprint density at radius 2 is 2.00 bits per heavy atom. The number of carbonyl (C=O) groups excluding carboxylic acids is 1. The molecule has 6 heteroatoms. The van der Waals surface area contributed by atoms with Crippen LogP contribution in [0, 0.1) is 0 Å². The van der Waals surface area contributed by atoms with E-state index in [-0.39, 0.29) is 5.75 Å². The van der Waals surface area contributed by atoms with Gasteiger partial charge >= 0.3 is 0 Å². The zero-order chi connectivity index (χ0) is 15.9. The van der Waals surface area contributed by atoms with Gasteiger partial charge in [-0.3, -0.25) is 4.79 Å². The minimum Gasteiger partial charge on any atom is -0.504 e. The van der Waals surface area contributed by atoms with Crippen LogP contribution >= 0.6 is 0 Å². The fourth-order valence-electron chi connectivity index (χ4n) is 1.81. The van der Waals surface area contributed by atoms with Crippen molar-refractivity contribution in [2.75, 3.05) is 7.11 Å². The number of hydrogen-bond donors (Lipinski definition) is 3. The summed E-state index contributed by atoms with van der Waals surface area (Å²) in [7, 11) is 1.45. The summed E-state index contributed by atoms with van der Waals surface area (Å²) < 4.78 is 4.93. The van der Waals surface area contributed by atoms with E-state index in [4.69, 9.17) is 4.74 Å². The average molecular weight is 300 g/mol. The number of aliphatic hydroxyl groups excluding tert-OH is 1. The molecule has 3 N–H and O–H groups in total. The summed E-state index contributed by atoms with van der Waals surface area (Å²) in [4.78, 5) is 11.8. The second kappa shape index (κ2) is 7.24. The Balaban J connectivity index is 1.97. The molecule has 0 bridgehead atoms. The number of hydrazone groups is 1. The summed E-state index contributed by atoms with van der Waals surface area (Å²) in [6.07, 6.45) is 0.0667. The van der Waals surface area contributed by atoms with Crippen molar-refractivity contribution in [2.45, 2.75) is 6.10 Å². The van der Waals surface area contributed by atoms with Crippen molar-refractivity contribution in [3.63, 3.8) is 0 Å². The van der Waals surface area contributed by atoms with Crippen molar-refractivity contribution in [3.05, 3.63) is 59.7 Å². The third kappa shape index (κ3) is 3.83. The van der Waals surface area contributed by atoms with Crippen LogP contribution in [0.3, 0.4) is 0 Å². The molecule has 0 fully saturated rings. The number of aliphatic hydroxyl groups is 1. The molecule has 0 saturated carbocycles. The molecule has 1 atom stereocenters. The number of phenolic OH excluding ortho intramolecular Hbond substituents is 1. The van der Waals surface area contributed by atoms with Gasteiger partial charge in [-0.2, -0.15) is 5.10 Å². The molecule has 0 aliphatic rings. The van der Waals surface area contributed by atoms with Crippen LogP contribution in [-0.4, -0.2) is 29.4 Å². The van der Waals surface area contributed by atoms with Crippen LogP contribution in [0.1, 0.15) is 17.2 Å². The Morgan fingerprint density at radius 1 is 1.27 bits per heavy atom. The lowest BCUT2D eigenvalue weighted by Gasteiger charge is -2.08. The molecule has 0 aliphatic carbocycles. The fourth-order valence-corrected chi connectivity index (χ4v) is 1.81. The first kappa shape index (κ1) is 15.5. The van der Waals surface area contributed by atoms with E-state index in [1.165, 1.54) is 19.4 Å². The standard InChI is InChI=1S/C16H16N2O4/c1-22-14-8-7-11(9-13(14)19)10-17-18-16(21)15(20)12-5-3-2-4-6-12/h2-10,15,19-20H,1H3,(H,18,21). The molecule has 0 aliphatic heterocycles. The second-order valence-electron chi connectivity index (χ2n) is 4.48. The molecule has 1 amide bonds. The first-order valence-electron chi connectivity index (χ1n) is 6.54. The van der Waals surface area contributed by atoms with E-state index in [1.54, 1.807) is 42.5 Å². The van der Waals surface area contributed by atoms with Gasteiger partial charge in [0.1, 0.15) is 0 Å². The van der Waals surface area contributed by atoms with Gasteiger partial charge in [0, 0.05) is 0 Å². The smallest absolute Gasteiger partial charge is 0.273 e. The number of nitrogens with one attached hydrogen (secondary N) is 1. The van der Waals surface area contributed by atoms with Gasteiger partial charge in [0.25, 0.3) is 5.91 Å². The number of nitrogens with zero attached hydrogens (tertiary/aromatic N) is 1. The molecule has 1 unspecified atom stereocenters. The van der Waals surface area contributed by atoms with Gasteiger partial charge in [-0.25, -0.2) is 5.43 Å². The van der Waals surface area contributed by atoms with Gasteiger partial charge in [-0.05, 0) is 29.3 Å². The monoisotopic (exact) mass is 300 g/mol. The molecular weight excluding hydrogens is 284 g/mol. The largest absolute Gasteiger partial charge is 0.504 e. The molecule has 2 aromatic carbocycles.